The summed E-state index contributed by atoms with van der Waals surface area (Å²) in [5.74, 6) is 1.18. The van der Waals surface area contributed by atoms with Crippen LogP contribution in [0.2, 0.25) is 0 Å². The molecule has 2 heterocycles. The van der Waals surface area contributed by atoms with Gasteiger partial charge in [0.1, 0.15) is 5.82 Å². The molecule has 114 valence electrons. The molecule has 0 spiro atoms. The smallest absolute Gasteiger partial charge is 0.115 e. The second kappa shape index (κ2) is 5.02. The zero-order chi connectivity index (χ0) is 15.2. The summed E-state index contributed by atoms with van der Waals surface area (Å²) in [5, 5.41) is 0. The molecule has 1 fully saturated rings. The van der Waals surface area contributed by atoms with Crippen molar-refractivity contribution in [2.45, 2.75) is 45.1 Å². The first-order valence-electron chi connectivity index (χ1n) is 7.83. The Balaban J connectivity index is 2.14. The predicted molar refractivity (Wildman–Crippen MR) is 88.6 cm³/mol. The summed E-state index contributed by atoms with van der Waals surface area (Å²) in [6.45, 7) is 9.03. The number of benzene rings is 1. The zero-order valence-electron chi connectivity index (χ0n) is 13.6. The summed E-state index contributed by atoms with van der Waals surface area (Å²) in [4.78, 5) is 7.32. The number of rotatable bonds is 1. The first kappa shape index (κ1) is 14.4. The molecule has 0 amide bonds. The number of piperidine rings is 1. The van der Waals surface area contributed by atoms with Crippen molar-refractivity contribution in [2.24, 2.45) is 0 Å². The van der Waals surface area contributed by atoms with Crippen LogP contribution in [-0.2, 0) is 5.41 Å². The van der Waals surface area contributed by atoms with Crippen LogP contribution in [0.25, 0.3) is 11.0 Å². The second-order valence-corrected chi connectivity index (χ2v) is 7.34. The van der Waals surface area contributed by atoms with Crippen molar-refractivity contribution in [3.8, 4) is 0 Å². The molecule has 4 heteroatoms. The van der Waals surface area contributed by atoms with Crippen LogP contribution < -0.4 is 5.73 Å². The standard InChI is InChI=1S/C17H26N4/c1-17(2,3)16-19-14-11-12(18)5-6-15(14)21(16)13-7-9-20(4)10-8-13/h5-6,11,13H,7-10,18H2,1-4H3. The van der Waals surface area contributed by atoms with Crippen molar-refractivity contribution >= 4 is 16.7 Å². The molecule has 0 aliphatic carbocycles. The Morgan fingerprint density at radius 1 is 1.19 bits per heavy atom. The third-order valence-corrected chi connectivity index (χ3v) is 4.44. The molecule has 0 unspecified atom stereocenters. The molecule has 0 bridgehead atoms. The number of nitrogens with two attached hydrogens (primary N) is 1. The van der Waals surface area contributed by atoms with Gasteiger partial charge >= 0.3 is 0 Å². The Morgan fingerprint density at radius 3 is 2.48 bits per heavy atom. The lowest BCUT2D eigenvalue weighted by atomic mass is 9.94. The lowest BCUT2D eigenvalue weighted by Gasteiger charge is -2.33. The lowest BCUT2D eigenvalue weighted by Crippen LogP contribution is -2.33. The van der Waals surface area contributed by atoms with Crippen molar-refractivity contribution < 1.29 is 0 Å². The van der Waals surface area contributed by atoms with Gasteiger partial charge in [-0.3, -0.25) is 0 Å². The van der Waals surface area contributed by atoms with Gasteiger partial charge in [-0.2, -0.15) is 0 Å². The summed E-state index contributed by atoms with van der Waals surface area (Å²) in [6, 6.07) is 6.66. The summed E-state index contributed by atoms with van der Waals surface area (Å²) < 4.78 is 2.47. The minimum Gasteiger partial charge on any atom is -0.399 e. The molecule has 1 saturated heterocycles. The Morgan fingerprint density at radius 2 is 1.86 bits per heavy atom. The van der Waals surface area contributed by atoms with Crippen LogP contribution in [0.5, 0.6) is 0 Å². The number of nitrogen functional groups attached to an aromatic ring is 1. The molecule has 4 nitrogen and oxygen atoms in total. The number of nitrogens with zero attached hydrogens (tertiary/aromatic N) is 3. The number of hydrogen-bond donors (Lipinski definition) is 1. The van der Waals surface area contributed by atoms with Crippen LogP contribution in [0, 0.1) is 0 Å². The van der Waals surface area contributed by atoms with E-state index in [1.165, 1.54) is 24.2 Å². The maximum absolute atomic E-state index is 5.93. The quantitative estimate of drug-likeness (QED) is 0.819. The van der Waals surface area contributed by atoms with E-state index in [9.17, 15) is 0 Å². The molecule has 21 heavy (non-hydrogen) atoms. The van der Waals surface area contributed by atoms with E-state index in [1.807, 2.05) is 12.1 Å². The monoisotopic (exact) mass is 286 g/mol. The van der Waals surface area contributed by atoms with E-state index in [4.69, 9.17) is 10.7 Å². The van der Waals surface area contributed by atoms with Gasteiger partial charge in [0, 0.05) is 17.1 Å². The number of hydrogen-bond acceptors (Lipinski definition) is 3. The Kier molecular flexibility index (Phi) is 3.44. The highest BCUT2D eigenvalue weighted by molar-refractivity contribution is 5.80. The molecule has 1 aromatic heterocycles. The summed E-state index contributed by atoms with van der Waals surface area (Å²) in [6.07, 6.45) is 2.38. The number of likely N-dealkylation sites (tertiary alicyclic amines) is 1. The van der Waals surface area contributed by atoms with Gasteiger partial charge in [-0.05, 0) is 51.2 Å². The Labute approximate surface area is 126 Å². The average molecular weight is 286 g/mol. The first-order valence-corrected chi connectivity index (χ1v) is 7.83. The predicted octanol–water partition coefficient (Wildman–Crippen LogP) is 3.18. The highest BCUT2D eigenvalue weighted by atomic mass is 15.2. The molecule has 0 radical (unpaired) electrons. The third kappa shape index (κ3) is 2.64. The van der Waals surface area contributed by atoms with E-state index in [1.54, 1.807) is 0 Å². The minimum atomic E-state index is 0.0388. The van der Waals surface area contributed by atoms with Gasteiger partial charge in [0.2, 0.25) is 0 Å². The fourth-order valence-electron chi connectivity index (χ4n) is 3.27. The average Bonchev–Trinajstić information content (AvgIpc) is 2.78. The zero-order valence-corrected chi connectivity index (χ0v) is 13.6. The van der Waals surface area contributed by atoms with Crippen LogP contribution >= 0.6 is 0 Å². The van der Waals surface area contributed by atoms with Gasteiger partial charge in [-0.25, -0.2) is 4.98 Å². The van der Waals surface area contributed by atoms with Crippen molar-refractivity contribution in [1.82, 2.24) is 14.5 Å². The van der Waals surface area contributed by atoms with E-state index in [0.29, 0.717) is 6.04 Å². The van der Waals surface area contributed by atoms with E-state index < -0.39 is 0 Å². The van der Waals surface area contributed by atoms with Crippen LogP contribution in [0.1, 0.15) is 45.5 Å². The maximum Gasteiger partial charge on any atom is 0.115 e. The highest BCUT2D eigenvalue weighted by Crippen LogP contribution is 2.34. The molecule has 2 N–H and O–H groups in total. The Bertz CT molecular complexity index is 643. The van der Waals surface area contributed by atoms with Gasteiger partial charge in [0.25, 0.3) is 0 Å². The molecule has 3 rings (SSSR count). The van der Waals surface area contributed by atoms with Gasteiger partial charge in [0.15, 0.2) is 0 Å². The molecule has 2 aromatic rings. The van der Waals surface area contributed by atoms with Gasteiger partial charge < -0.3 is 15.2 Å². The summed E-state index contributed by atoms with van der Waals surface area (Å²) >= 11 is 0. The second-order valence-electron chi connectivity index (χ2n) is 7.34. The molecule has 1 aliphatic rings. The van der Waals surface area contributed by atoms with E-state index in [-0.39, 0.29) is 5.41 Å². The van der Waals surface area contributed by atoms with Crippen molar-refractivity contribution in [3.05, 3.63) is 24.0 Å². The van der Waals surface area contributed by atoms with Crippen LogP contribution in [0.4, 0.5) is 5.69 Å². The molecular formula is C17H26N4. The first-order chi connectivity index (χ1) is 9.86. The summed E-state index contributed by atoms with van der Waals surface area (Å²) in [7, 11) is 2.20. The Hall–Kier alpha value is -1.55. The fourth-order valence-corrected chi connectivity index (χ4v) is 3.27. The molecule has 1 aromatic carbocycles. The van der Waals surface area contributed by atoms with Gasteiger partial charge in [-0.15, -0.1) is 0 Å². The number of aromatic nitrogens is 2. The maximum atomic E-state index is 5.93. The largest absolute Gasteiger partial charge is 0.399 e. The van der Waals surface area contributed by atoms with Crippen molar-refractivity contribution in [3.63, 3.8) is 0 Å². The third-order valence-electron chi connectivity index (χ3n) is 4.44. The van der Waals surface area contributed by atoms with E-state index >= 15 is 0 Å². The van der Waals surface area contributed by atoms with Gasteiger partial charge in [0.05, 0.1) is 11.0 Å². The van der Waals surface area contributed by atoms with Gasteiger partial charge in [-0.1, -0.05) is 20.8 Å². The highest BCUT2D eigenvalue weighted by Gasteiger charge is 2.28. The molecule has 1 aliphatic heterocycles. The van der Waals surface area contributed by atoms with Crippen LogP contribution in [-0.4, -0.2) is 34.6 Å². The van der Waals surface area contributed by atoms with Crippen molar-refractivity contribution in [2.75, 3.05) is 25.9 Å². The topological polar surface area (TPSA) is 47.1 Å². The SMILES string of the molecule is CN1CCC(n2c(C(C)(C)C)nc3cc(N)ccc32)CC1. The molecule has 0 atom stereocenters. The number of anilines is 1. The fraction of sp³-hybridized carbons (Fsp3) is 0.588. The van der Waals surface area contributed by atoms with Crippen LogP contribution in [0.15, 0.2) is 18.2 Å². The number of fused-ring (bicyclic) bond motifs is 1. The number of imidazole rings is 1. The van der Waals surface area contributed by atoms with E-state index in [2.05, 4.69) is 43.4 Å². The van der Waals surface area contributed by atoms with E-state index in [0.717, 1.165) is 24.3 Å². The normalized spacial score (nSPS) is 18.5. The molecule has 0 saturated carbocycles. The van der Waals surface area contributed by atoms with Crippen LogP contribution in [0.3, 0.4) is 0 Å². The summed E-state index contributed by atoms with van der Waals surface area (Å²) in [5.41, 5.74) is 9.01. The lowest BCUT2D eigenvalue weighted by molar-refractivity contribution is 0.218. The molecular weight excluding hydrogens is 260 g/mol. The van der Waals surface area contributed by atoms with Crippen molar-refractivity contribution in [1.29, 1.82) is 0 Å². The minimum absolute atomic E-state index is 0.0388.